The standard InChI is InChI=1S/C20H25F2N3O5S/c21-19(22)30-17-3-1-16-14-18(4-2-15(16)13-17)31(27,28)25-7-5-23(6-8-25)20(26)24-9-11-29-12-10-24/h1,3,13-14,19H,2,4-12H2. The zero-order valence-corrected chi connectivity index (χ0v) is 17.8. The van der Waals surface area contributed by atoms with E-state index >= 15 is 0 Å². The van der Waals surface area contributed by atoms with Gasteiger partial charge in [0.1, 0.15) is 5.75 Å². The number of rotatable bonds is 4. The number of carbonyl (C=O) groups excluding carboxylic acids is 1. The molecular weight excluding hydrogens is 432 g/mol. The van der Waals surface area contributed by atoms with E-state index in [0.717, 1.165) is 5.56 Å². The highest BCUT2D eigenvalue weighted by Crippen LogP contribution is 2.32. The van der Waals surface area contributed by atoms with Gasteiger partial charge in [-0.2, -0.15) is 13.1 Å². The number of halogens is 2. The predicted molar refractivity (Wildman–Crippen MR) is 109 cm³/mol. The molecule has 0 unspecified atom stereocenters. The third kappa shape index (κ3) is 4.83. The Morgan fingerprint density at radius 3 is 2.35 bits per heavy atom. The SMILES string of the molecule is O=C(N1CCOCC1)N1CCN(S(=O)(=O)C2=Cc3ccc(OC(F)F)cc3CC2)CC1. The molecule has 8 nitrogen and oxygen atoms in total. The van der Waals surface area contributed by atoms with E-state index in [2.05, 4.69) is 4.74 Å². The van der Waals surface area contributed by atoms with Crippen LogP contribution in [0.3, 0.4) is 0 Å². The number of allylic oxidation sites excluding steroid dienone is 1. The quantitative estimate of drug-likeness (QED) is 0.691. The van der Waals surface area contributed by atoms with Crippen LogP contribution in [0.25, 0.3) is 6.08 Å². The van der Waals surface area contributed by atoms with Crippen molar-refractivity contribution in [3.63, 3.8) is 0 Å². The first-order valence-electron chi connectivity index (χ1n) is 10.2. The van der Waals surface area contributed by atoms with Crippen LogP contribution in [0.15, 0.2) is 23.1 Å². The average Bonchev–Trinajstić information content (AvgIpc) is 2.78. The molecule has 1 aromatic carbocycles. The maximum Gasteiger partial charge on any atom is 0.387 e. The Labute approximate surface area is 180 Å². The smallest absolute Gasteiger partial charge is 0.387 e. The number of ether oxygens (including phenoxy) is 2. The number of sulfonamides is 1. The Kier molecular flexibility index (Phi) is 6.44. The van der Waals surface area contributed by atoms with Gasteiger partial charge in [0.2, 0.25) is 10.0 Å². The molecule has 3 aliphatic rings. The molecular formula is C20H25F2N3O5S. The van der Waals surface area contributed by atoms with Crippen molar-refractivity contribution in [1.82, 2.24) is 14.1 Å². The number of aryl methyl sites for hydroxylation is 1. The van der Waals surface area contributed by atoms with Crippen molar-refractivity contribution in [3.05, 3.63) is 34.2 Å². The van der Waals surface area contributed by atoms with E-state index in [-0.39, 0.29) is 24.9 Å². The highest BCUT2D eigenvalue weighted by molar-refractivity contribution is 7.93. The van der Waals surface area contributed by atoms with Gasteiger partial charge in [-0.25, -0.2) is 13.2 Å². The lowest BCUT2D eigenvalue weighted by molar-refractivity contribution is -0.0498. The van der Waals surface area contributed by atoms with Gasteiger partial charge in [-0.15, -0.1) is 0 Å². The summed E-state index contributed by atoms with van der Waals surface area (Å²) in [4.78, 5) is 16.3. The molecule has 170 valence electrons. The highest BCUT2D eigenvalue weighted by atomic mass is 32.2. The molecule has 0 saturated carbocycles. The molecule has 0 spiro atoms. The van der Waals surface area contributed by atoms with Crippen molar-refractivity contribution in [3.8, 4) is 5.75 Å². The minimum Gasteiger partial charge on any atom is -0.435 e. The van der Waals surface area contributed by atoms with Crippen molar-refractivity contribution in [2.24, 2.45) is 0 Å². The Bertz CT molecular complexity index is 956. The Morgan fingerprint density at radius 2 is 1.68 bits per heavy atom. The lowest BCUT2D eigenvalue weighted by Gasteiger charge is -2.38. The lowest BCUT2D eigenvalue weighted by Crippen LogP contribution is -2.55. The molecule has 0 bridgehead atoms. The Morgan fingerprint density at radius 1 is 1.00 bits per heavy atom. The number of morpholine rings is 1. The predicted octanol–water partition coefficient (Wildman–Crippen LogP) is 1.97. The third-order valence-corrected chi connectivity index (χ3v) is 7.79. The number of carbonyl (C=O) groups is 1. The molecule has 1 aliphatic carbocycles. The van der Waals surface area contributed by atoms with Crippen molar-refractivity contribution in [1.29, 1.82) is 0 Å². The summed E-state index contributed by atoms with van der Waals surface area (Å²) in [7, 11) is -3.66. The van der Waals surface area contributed by atoms with E-state index in [9.17, 15) is 22.0 Å². The van der Waals surface area contributed by atoms with E-state index in [4.69, 9.17) is 4.74 Å². The molecule has 0 atom stereocenters. The molecule has 11 heteroatoms. The van der Waals surface area contributed by atoms with E-state index in [0.29, 0.717) is 62.7 Å². The van der Waals surface area contributed by atoms with Gasteiger partial charge in [-0.05, 0) is 42.2 Å². The summed E-state index contributed by atoms with van der Waals surface area (Å²) < 4.78 is 62.2. The molecule has 2 heterocycles. The summed E-state index contributed by atoms with van der Waals surface area (Å²) in [5.41, 5.74) is 1.46. The van der Waals surface area contributed by atoms with E-state index in [1.54, 1.807) is 21.9 Å². The topological polar surface area (TPSA) is 79.4 Å². The van der Waals surface area contributed by atoms with Crippen LogP contribution in [0.1, 0.15) is 17.5 Å². The van der Waals surface area contributed by atoms with Crippen LogP contribution in [-0.2, 0) is 21.2 Å². The summed E-state index contributed by atoms with van der Waals surface area (Å²) in [6.45, 7) is 0.398. The fourth-order valence-corrected chi connectivity index (χ4v) is 5.67. The van der Waals surface area contributed by atoms with Gasteiger partial charge in [0, 0.05) is 39.3 Å². The highest BCUT2D eigenvalue weighted by Gasteiger charge is 2.34. The molecule has 2 amide bonds. The van der Waals surface area contributed by atoms with Gasteiger partial charge < -0.3 is 19.3 Å². The van der Waals surface area contributed by atoms with Crippen LogP contribution in [0, 0.1) is 0 Å². The number of benzene rings is 1. The summed E-state index contributed by atoms with van der Waals surface area (Å²) in [5.74, 6) is 0.0644. The molecule has 1 aromatic rings. The van der Waals surface area contributed by atoms with Gasteiger partial charge in [0.15, 0.2) is 0 Å². The van der Waals surface area contributed by atoms with Crippen LogP contribution >= 0.6 is 0 Å². The normalized spacial score (nSPS) is 20.4. The van der Waals surface area contributed by atoms with Crippen LogP contribution in [0.5, 0.6) is 5.75 Å². The summed E-state index contributed by atoms with van der Waals surface area (Å²) in [5, 5.41) is 0. The van der Waals surface area contributed by atoms with Crippen molar-refractivity contribution in [2.75, 3.05) is 52.5 Å². The minimum atomic E-state index is -3.66. The molecule has 0 aromatic heterocycles. The van der Waals surface area contributed by atoms with Gasteiger partial charge in [-0.1, -0.05) is 6.07 Å². The third-order valence-electron chi connectivity index (χ3n) is 5.76. The number of amides is 2. The number of piperazine rings is 1. The number of nitrogens with zero attached hydrogens (tertiary/aromatic N) is 3. The molecule has 0 radical (unpaired) electrons. The fourth-order valence-electron chi connectivity index (χ4n) is 4.06. The molecule has 2 fully saturated rings. The number of fused-ring (bicyclic) bond motifs is 1. The zero-order chi connectivity index (χ0) is 22.0. The molecule has 0 N–H and O–H groups in total. The molecule has 4 rings (SSSR count). The summed E-state index contributed by atoms with van der Waals surface area (Å²) in [6.07, 6.45) is 2.32. The van der Waals surface area contributed by atoms with Crippen LogP contribution in [0.4, 0.5) is 13.6 Å². The van der Waals surface area contributed by atoms with Crippen molar-refractivity contribution in [2.45, 2.75) is 19.5 Å². The Balaban J connectivity index is 1.41. The van der Waals surface area contributed by atoms with Crippen molar-refractivity contribution >= 4 is 22.1 Å². The molecule has 2 aliphatic heterocycles. The average molecular weight is 457 g/mol. The van der Waals surface area contributed by atoms with Crippen molar-refractivity contribution < 1.29 is 31.5 Å². The van der Waals surface area contributed by atoms with Gasteiger partial charge in [-0.3, -0.25) is 0 Å². The van der Waals surface area contributed by atoms with E-state index in [1.807, 2.05) is 0 Å². The maximum atomic E-state index is 13.1. The number of hydrogen-bond donors (Lipinski definition) is 0. The second kappa shape index (κ2) is 9.09. The second-order valence-electron chi connectivity index (χ2n) is 7.62. The number of hydrogen-bond acceptors (Lipinski definition) is 5. The maximum absolute atomic E-state index is 13.1. The first kappa shape index (κ1) is 22.0. The Hall–Kier alpha value is -2.24. The van der Waals surface area contributed by atoms with E-state index < -0.39 is 16.6 Å². The largest absolute Gasteiger partial charge is 0.435 e. The van der Waals surface area contributed by atoms with Crippen LogP contribution in [0.2, 0.25) is 0 Å². The molecule has 31 heavy (non-hydrogen) atoms. The molecule has 2 saturated heterocycles. The summed E-state index contributed by atoms with van der Waals surface area (Å²) in [6, 6.07) is 4.46. The minimum absolute atomic E-state index is 0.0644. The first-order chi connectivity index (χ1) is 14.8. The van der Waals surface area contributed by atoms with Gasteiger partial charge in [0.25, 0.3) is 0 Å². The fraction of sp³-hybridized carbons (Fsp3) is 0.550. The number of urea groups is 1. The first-order valence-corrected chi connectivity index (χ1v) is 11.7. The van der Waals surface area contributed by atoms with Gasteiger partial charge >= 0.3 is 12.6 Å². The summed E-state index contributed by atoms with van der Waals surface area (Å²) >= 11 is 0. The monoisotopic (exact) mass is 457 g/mol. The van der Waals surface area contributed by atoms with Crippen LogP contribution < -0.4 is 4.74 Å². The van der Waals surface area contributed by atoms with Crippen LogP contribution in [-0.4, -0.2) is 87.6 Å². The van der Waals surface area contributed by atoms with Gasteiger partial charge in [0.05, 0.1) is 18.1 Å². The lowest BCUT2D eigenvalue weighted by atomic mass is 9.97. The van der Waals surface area contributed by atoms with E-state index in [1.165, 1.54) is 16.4 Å². The second-order valence-corrected chi connectivity index (χ2v) is 9.61. The number of alkyl halides is 2. The zero-order valence-electron chi connectivity index (χ0n) is 17.0.